The molecule has 2 aromatic carbocycles. The van der Waals surface area contributed by atoms with Crippen molar-refractivity contribution in [2.24, 2.45) is 5.10 Å². The summed E-state index contributed by atoms with van der Waals surface area (Å²) in [4.78, 5) is 59.4. The van der Waals surface area contributed by atoms with Crippen LogP contribution >= 0.6 is 0 Å². The van der Waals surface area contributed by atoms with E-state index in [0.717, 1.165) is 25.8 Å². The lowest BCUT2D eigenvalue weighted by molar-refractivity contribution is -0.146. The fourth-order valence-electron chi connectivity index (χ4n) is 3.59. The van der Waals surface area contributed by atoms with Crippen LogP contribution in [0.2, 0.25) is 0 Å². The van der Waals surface area contributed by atoms with E-state index < -0.39 is 35.5 Å². The lowest BCUT2D eigenvalue weighted by atomic mass is 10.0. The Bertz CT molecular complexity index is 1300. The molecule has 1 atom stereocenters. The van der Waals surface area contributed by atoms with E-state index in [-0.39, 0.29) is 34.5 Å². The molecule has 0 N–H and O–H groups in total. The lowest BCUT2D eigenvalue weighted by Crippen LogP contribution is -2.41. The normalized spacial score (nSPS) is 16.3. The number of carbonyl (C=O) groups excluding carboxylic acids is 5. The summed E-state index contributed by atoms with van der Waals surface area (Å²) in [6.45, 7) is 7.40. The van der Waals surface area contributed by atoms with E-state index in [0.29, 0.717) is 5.56 Å². The summed E-state index contributed by atoms with van der Waals surface area (Å²) in [7, 11) is 0. The van der Waals surface area contributed by atoms with Crippen LogP contribution in [0.25, 0.3) is 0 Å². The SMILES string of the molecule is CC(=O)Oc1ccccc1[C@]1(C)OC(c2cc(OC(C)=O)c(OC(C)=O)c(OC(C)=O)c2)=NN1C(C)=O. The van der Waals surface area contributed by atoms with Gasteiger partial charge in [0.25, 0.3) is 0 Å². The number of carbonyl (C=O) groups is 5. The van der Waals surface area contributed by atoms with E-state index in [2.05, 4.69) is 5.10 Å². The van der Waals surface area contributed by atoms with Crippen molar-refractivity contribution in [3.8, 4) is 23.0 Å². The zero-order valence-electron chi connectivity index (χ0n) is 20.9. The minimum absolute atomic E-state index is 0.114. The Labute approximate surface area is 211 Å². The Balaban J connectivity index is 2.18. The second-order valence-corrected chi connectivity index (χ2v) is 7.99. The molecule has 0 saturated heterocycles. The number of hydrazone groups is 1. The highest BCUT2D eigenvalue weighted by Gasteiger charge is 2.47. The zero-order valence-corrected chi connectivity index (χ0v) is 20.9. The number of hydrogen-bond donors (Lipinski definition) is 0. The van der Waals surface area contributed by atoms with Crippen molar-refractivity contribution in [2.75, 3.05) is 0 Å². The zero-order chi connectivity index (χ0) is 27.5. The summed E-state index contributed by atoms with van der Waals surface area (Å²) < 4.78 is 26.9. The van der Waals surface area contributed by atoms with Gasteiger partial charge in [0, 0.05) is 47.1 Å². The number of nitrogens with zero attached hydrogens (tertiary/aromatic N) is 2. The highest BCUT2D eigenvalue weighted by Crippen LogP contribution is 2.44. The first kappa shape index (κ1) is 26.9. The molecule has 1 amide bonds. The first-order valence-corrected chi connectivity index (χ1v) is 10.9. The van der Waals surface area contributed by atoms with Crippen molar-refractivity contribution in [1.82, 2.24) is 5.01 Å². The molecule has 1 aliphatic heterocycles. The molecular formula is C25H24N2O10. The second-order valence-electron chi connectivity index (χ2n) is 7.99. The van der Waals surface area contributed by atoms with Crippen molar-refractivity contribution in [3.63, 3.8) is 0 Å². The van der Waals surface area contributed by atoms with E-state index in [4.69, 9.17) is 23.7 Å². The van der Waals surface area contributed by atoms with Gasteiger partial charge in [0.05, 0.1) is 5.56 Å². The lowest BCUT2D eigenvalue weighted by Gasteiger charge is -2.32. The minimum Gasteiger partial charge on any atom is -0.443 e. The van der Waals surface area contributed by atoms with Gasteiger partial charge in [0.2, 0.25) is 23.3 Å². The number of amides is 1. The third-order valence-corrected chi connectivity index (χ3v) is 4.85. The van der Waals surface area contributed by atoms with Crippen molar-refractivity contribution in [1.29, 1.82) is 0 Å². The van der Waals surface area contributed by atoms with Crippen LogP contribution in [-0.4, -0.2) is 40.7 Å². The van der Waals surface area contributed by atoms with Gasteiger partial charge < -0.3 is 23.7 Å². The van der Waals surface area contributed by atoms with Crippen LogP contribution in [0.15, 0.2) is 41.5 Å². The van der Waals surface area contributed by atoms with Gasteiger partial charge in [-0.1, -0.05) is 12.1 Å². The summed E-state index contributed by atoms with van der Waals surface area (Å²) >= 11 is 0. The molecule has 0 aliphatic carbocycles. The molecule has 2 aromatic rings. The summed E-state index contributed by atoms with van der Waals surface area (Å²) in [6, 6.07) is 8.99. The first-order chi connectivity index (χ1) is 17.3. The van der Waals surface area contributed by atoms with Gasteiger partial charge in [-0.05, 0) is 24.3 Å². The fourth-order valence-corrected chi connectivity index (χ4v) is 3.59. The number of rotatable bonds is 6. The Morgan fingerprint density at radius 3 is 1.73 bits per heavy atom. The number of para-hydroxylation sites is 1. The molecule has 1 aliphatic rings. The molecule has 12 nitrogen and oxygen atoms in total. The third-order valence-electron chi connectivity index (χ3n) is 4.85. The highest BCUT2D eigenvalue weighted by atomic mass is 16.6. The molecule has 12 heteroatoms. The molecule has 0 saturated carbocycles. The van der Waals surface area contributed by atoms with Crippen molar-refractivity contribution in [2.45, 2.75) is 47.3 Å². The molecule has 37 heavy (non-hydrogen) atoms. The second kappa shape index (κ2) is 10.5. The molecule has 1 heterocycles. The Kier molecular flexibility index (Phi) is 7.61. The Morgan fingerprint density at radius 2 is 1.24 bits per heavy atom. The Hall–Kier alpha value is -4.74. The monoisotopic (exact) mass is 512 g/mol. The predicted octanol–water partition coefficient (Wildman–Crippen LogP) is 2.80. The third kappa shape index (κ3) is 5.92. The number of benzene rings is 2. The largest absolute Gasteiger partial charge is 0.443 e. The molecule has 0 unspecified atom stereocenters. The van der Waals surface area contributed by atoms with E-state index in [1.54, 1.807) is 25.1 Å². The summed E-state index contributed by atoms with van der Waals surface area (Å²) in [5, 5.41) is 5.33. The molecule has 0 radical (unpaired) electrons. The maximum atomic E-state index is 12.6. The van der Waals surface area contributed by atoms with E-state index in [1.807, 2.05) is 0 Å². The van der Waals surface area contributed by atoms with Crippen molar-refractivity contribution in [3.05, 3.63) is 47.5 Å². The molecule has 0 aromatic heterocycles. The number of hydrogen-bond acceptors (Lipinski definition) is 11. The number of esters is 4. The maximum absolute atomic E-state index is 12.6. The molecule has 0 fully saturated rings. The summed E-state index contributed by atoms with van der Waals surface area (Å²) in [5.74, 6) is -4.17. The van der Waals surface area contributed by atoms with E-state index >= 15 is 0 Å². The standard InChI is InChI=1S/C25H24N2O10/c1-13(28)27-25(6,19-9-7-8-10-20(19)33-14(2)29)37-24(26-27)18-11-21(34-15(3)30)23(36-17(5)32)22(12-18)35-16(4)31/h7-12H,1-6H3/t25-/m0/s1. The van der Waals surface area contributed by atoms with Gasteiger partial charge in [-0.3, -0.25) is 24.0 Å². The molecule has 0 spiro atoms. The number of ether oxygens (including phenoxy) is 5. The van der Waals surface area contributed by atoms with Crippen molar-refractivity contribution >= 4 is 35.7 Å². The molecular weight excluding hydrogens is 488 g/mol. The van der Waals surface area contributed by atoms with Crippen LogP contribution < -0.4 is 18.9 Å². The predicted molar refractivity (Wildman–Crippen MR) is 126 cm³/mol. The fraction of sp³-hybridized carbons (Fsp3) is 0.280. The highest BCUT2D eigenvalue weighted by molar-refractivity contribution is 5.98. The molecule has 3 rings (SSSR count). The van der Waals surface area contributed by atoms with Crippen LogP contribution in [0.3, 0.4) is 0 Å². The Morgan fingerprint density at radius 1 is 0.757 bits per heavy atom. The molecule has 194 valence electrons. The van der Waals surface area contributed by atoms with Gasteiger partial charge >= 0.3 is 23.9 Å². The van der Waals surface area contributed by atoms with Gasteiger partial charge in [-0.15, -0.1) is 5.10 Å². The van der Waals surface area contributed by atoms with Crippen LogP contribution in [0.1, 0.15) is 52.7 Å². The van der Waals surface area contributed by atoms with Gasteiger partial charge in [0.15, 0.2) is 11.5 Å². The average molecular weight is 512 g/mol. The summed E-state index contributed by atoms with van der Waals surface area (Å²) in [5.41, 5.74) is -1.13. The van der Waals surface area contributed by atoms with Crippen LogP contribution in [0, 0.1) is 0 Å². The van der Waals surface area contributed by atoms with Gasteiger partial charge in [0.1, 0.15) is 5.75 Å². The summed E-state index contributed by atoms with van der Waals surface area (Å²) in [6.07, 6.45) is 0. The smallest absolute Gasteiger partial charge is 0.308 e. The van der Waals surface area contributed by atoms with Crippen LogP contribution in [0.4, 0.5) is 0 Å². The molecule has 0 bridgehead atoms. The first-order valence-electron chi connectivity index (χ1n) is 10.9. The van der Waals surface area contributed by atoms with E-state index in [1.165, 1.54) is 32.0 Å². The van der Waals surface area contributed by atoms with Gasteiger partial charge in [-0.2, -0.15) is 5.01 Å². The maximum Gasteiger partial charge on any atom is 0.308 e. The van der Waals surface area contributed by atoms with Gasteiger partial charge in [-0.25, -0.2) is 0 Å². The van der Waals surface area contributed by atoms with E-state index in [9.17, 15) is 24.0 Å². The van der Waals surface area contributed by atoms with Crippen LogP contribution in [0.5, 0.6) is 23.0 Å². The van der Waals surface area contributed by atoms with Crippen LogP contribution in [-0.2, 0) is 34.4 Å². The minimum atomic E-state index is -1.56. The van der Waals surface area contributed by atoms with Crippen molar-refractivity contribution < 1.29 is 47.7 Å². The topological polar surface area (TPSA) is 147 Å². The average Bonchev–Trinajstić information content (AvgIpc) is 3.13. The quantitative estimate of drug-likeness (QED) is 0.418.